The van der Waals surface area contributed by atoms with Gasteiger partial charge in [-0.1, -0.05) is 31.2 Å². The van der Waals surface area contributed by atoms with Crippen molar-refractivity contribution in [1.29, 1.82) is 0 Å². The number of likely N-dealkylation sites (N-methyl/N-ethyl adjacent to an activating group) is 1. The van der Waals surface area contributed by atoms with E-state index in [2.05, 4.69) is 70.4 Å². The zero-order chi connectivity index (χ0) is 16.5. The van der Waals surface area contributed by atoms with Gasteiger partial charge in [0.2, 0.25) is 0 Å². The van der Waals surface area contributed by atoms with Gasteiger partial charge in [-0.3, -0.25) is 4.90 Å². The molecule has 1 aliphatic heterocycles. The highest BCUT2D eigenvalue weighted by Crippen LogP contribution is 2.38. The Kier molecular flexibility index (Phi) is 4.44. The van der Waals surface area contributed by atoms with Crippen LogP contribution in [-0.4, -0.2) is 47.5 Å². The number of para-hydroxylation sites is 1. The summed E-state index contributed by atoms with van der Waals surface area (Å²) in [7, 11) is 0. The molecule has 0 spiro atoms. The van der Waals surface area contributed by atoms with Gasteiger partial charge in [-0.2, -0.15) is 0 Å². The quantitative estimate of drug-likeness (QED) is 0.767. The highest BCUT2D eigenvalue weighted by Gasteiger charge is 2.29. The van der Waals surface area contributed by atoms with Crippen molar-refractivity contribution < 1.29 is 0 Å². The molecular formula is C20H25N3S. The van der Waals surface area contributed by atoms with Crippen LogP contribution < -0.4 is 0 Å². The van der Waals surface area contributed by atoms with Crippen LogP contribution in [-0.2, 0) is 0 Å². The van der Waals surface area contributed by atoms with E-state index in [1.165, 1.54) is 40.1 Å². The van der Waals surface area contributed by atoms with Crippen LogP contribution in [0.15, 0.2) is 41.8 Å². The summed E-state index contributed by atoms with van der Waals surface area (Å²) in [6.45, 7) is 10.2. The highest BCUT2D eigenvalue weighted by molar-refractivity contribution is 7.10. The number of nitrogens with one attached hydrogen (secondary N) is 1. The predicted molar refractivity (Wildman–Crippen MR) is 103 cm³/mol. The highest BCUT2D eigenvalue weighted by atomic mass is 32.1. The van der Waals surface area contributed by atoms with E-state index in [1.54, 1.807) is 0 Å². The van der Waals surface area contributed by atoms with E-state index in [1.807, 2.05) is 11.3 Å². The molecule has 1 aliphatic rings. The number of rotatable bonds is 4. The van der Waals surface area contributed by atoms with Gasteiger partial charge in [-0.15, -0.1) is 11.3 Å². The molecule has 2 aromatic heterocycles. The second-order valence-corrected chi connectivity index (χ2v) is 7.58. The number of aromatic nitrogens is 1. The number of hydrogen-bond donors (Lipinski definition) is 1. The summed E-state index contributed by atoms with van der Waals surface area (Å²) >= 11 is 1.88. The van der Waals surface area contributed by atoms with Crippen molar-refractivity contribution in [1.82, 2.24) is 14.8 Å². The van der Waals surface area contributed by atoms with Gasteiger partial charge in [0.1, 0.15) is 0 Å². The summed E-state index contributed by atoms with van der Waals surface area (Å²) in [5, 5.41) is 3.57. The molecule has 24 heavy (non-hydrogen) atoms. The number of piperazine rings is 1. The first-order valence-electron chi connectivity index (χ1n) is 8.85. The minimum absolute atomic E-state index is 0.361. The largest absolute Gasteiger partial charge is 0.358 e. The van der Waals surface area contributed by atoms with Gasteiger partial charge in [0.25, 0.3) is 0 Å². The first-order valence-corrected chi connectivity index (χ1v) is 9.73. The number of aryl methyl sites for hydroxylation is 1. The van der Waals surface area contributed by atoms with E-state index < -0.39 is 0 Å². The molecule has 4 heteroatoms. The van der Waals surface area contributed by atoms with Crippen LogP contribution in [0.1, 0.15) is 29.1 Å². The standard InChI is InChI=1S/C20H25N3S/c1-3-22-10-12-23(13-11-22)20(18-9-6-14-24-18)19-15(2)21-17-8-5-4-7-16(17)19/h4-9,14,20-21H,3,10-13H2,1-2H3. The van der Waals surface area contributed by atoms with Crippen LogP contribution in [0.4, 0.5) is 0 Å². The number of H-pyrrole nitrogens is 1. The number of thiophene rings is 1. The van der Waals surface area contributed by atoms with E-state index >= 15 is 0 Å². The lowest BCUT2D eigenvalue weighted by atomic mass is 9.99. The number of benzene rings is 1. The Balaban J connectivity index is 1.77. The van der Waals surface area contributed by atoms with Crippen molar-refractivity contribution in [3.8, 4) is 0 Å². The molecule has 3 heterocycles. The zero-order valence-electron chi connectivity index (χ0n) is 14.5. The Morgan fingerprint density at radius 2 is 1.88 bits per heavy atom. The molecule has 3 aromatic rings. The molecule has 4 rings (SSSR count). The van der Waals surface area contributed by atoms with Crippen molar-refractivity contribution in [2.75, 3.05) is 32.7 Å². The van der Waals surface area contributed by atoms with Gasteiger partial charge in [-0.25, -0.2) is 0 Å². The molecule has 3 nitrogen and oxygen atoms in total. The molecule has 1 N–H and O–H groups in total. The number of aromatic amines is 1. The Bertz CT molecular complexity index is 798. The lowest BCUT2D eigenvalue weighted by Crippen LogP contribution is -2.47. The van der Waals surface area contributed by atoms with Gasteiger partial charge >= 0.3 is 0 Å². The van der Waals surface area contributed by atoms with E-state index in [9.17, 15) is 0 Å². The summed E-state index contributed by atoms with van der Waals surface area (Å²) in [5.41, 5.74) is 4.00. The fourth-order valence-electron chi connectivity index (χ4n) is 3.94. The molecule has 1 unspecified atom stereocenters. The second-order valence-electron chi connectivity index (χ2n) is 6.60. The van der Waals surface area contributed by atoms with Gasteiger partial charge in [0.05, 0.1) is 6.04 Å². The minimum Gasteiger partial charge on any atom is -0.358 e. The smallest absolute Gasteiger partial charge is 0.0720 e. The maximum Gasteiger partial charge on any atom is 0.0720 e. The number of fused-ring (bicyclic) bond motifs is 1. The Labute approximate surface area is 147 Å². The lowest BCUT2D eigenvalue weighted by Gasteiger charge is -2.39. The molecule has 0 radical (unpaired) electrons. The normalized spacial score (nSPS) is 18.2. The van der Waals surface area contributed by atoms with Crippen molar-refractivity contribution in [3.05, 3.63) is 57.9 Å². The third-order valence-electron chi connectivity index (χ3n) is 5.25. The molecule has 1 saturated heterocycles. The first kappa shape index (κ1) is 15.9. The number of nitrogens with zero attached hydrogens (tertiary/aromatic N) is 2. The summed E-state index contributed by atoms with van der Waals surface area (Å²) in [5.74, 6) is 0. The van der Waals surface area contributed by atoms with Crippen molar-refractivity contribution in [2.45, 2.75) is 19.9 Å². The van der Waals surface area contributed by atoms with Crippen molar-refractivity contribution in [3.63, 3.8) is 0 Å². The first-order chi connectivity index (χ1) is 11.8. The molecule has 0 saturated carbocycles. The van der Waals surface area contributed by atoms with Crippen LogP contribution >= 0.6 is 11.3 Å². The fraction of sp³-hybridized carbons (Fsp3) is 0.400. The molecule has 1 atom stereocenters. The molecular weight excluding hydrogens is 314 g/mol. The van der Waals surface area contributed by atoms with Crippen LogP contribution in [0, 0.1) is 6.92 Å². The Hall–Kier alpha value is -1.62. The maximum absolute atomic E-state index is 3.60. The SMILES string of the molecule is CCN1CCN(C(c2cccs2)c2c(C)[nH]c3ccccc23)CC1. The molecule has 0 bridgehead atoms. The van der Waals surface area contributed by atoms with E-state index in [4.69, 9.17) is 0 Å². The van der Waals surface area contributed by atoms with Crippen molar-refractivity contribution in [2.24, 2.45) is 0 Å². The Morgan fingerprint density at radius 1 is 1.08 bits per heavy atom. The van der Waals surface area contributed by atoms with Crippen LogP contribution in [0.3, 0.4) is 0 Å². The summed E-state index contributed by atoms with van der Waals surface area (Å²) in [4.78, 5) is 10.3. The van der Waals surface area contributed by atoms with E-state index in [-0.39, 0.29) is 0 Å². The van der Waals surface area contributed by atoms with Gasteiger partial charge < -0.3 is 9.88 Å². The average Bonchev–Trinajstić information content (AvgIpc) is 3.25. The summed E-state index contributed by atoms with van der Waals surface area (Å²) in [6.07, 6.45) is 0. The third kappa shape index (κ3) is 2.79. The fourth-order valence-corrected chi connectivity index (χ4v) is 4.81. The molecule has 1 aromatic carbocycles. The summed E-state index contributed by atoms with van der Waals surface area (Å²) in [6, 6.07) is 13.5. The van der Waals surface area contributed by atoms with Crippen LogP contribution in [0.2, 0.25) is 0 Å². The average molecular weight is 340 g/mol. The van der Waals surface area contributed by atoms with Crippen LogP contribution in [0.25, 0.3) is 10.9 Å². The van der Waals surface area contributed by atoms with Gasteiger partial charge in [0, 0.05) is 53.2 Å². The topological polar surface area (TPSA) is 22.3 Å². The second kappa shape index (κ2) is 6.71. The van der Waals surface area contributed by atoms with E-state index in [0.29, 0.717) is 6.04 Å². The van der Waals surface area contributed by atoms with Gasteiger partial charge in [-0.05, 0) is 31.0 Å². The van der Waals surface area contributed by atoms with Crippen LogP contribution in [0.5, 0.6) is 0 Å². The third-order valence-corrected chi connectivity index (χ3v) is 6.17. The molecule has 1 fully saturated rings. The maximum atomic E-state index is 3.60. The predicted octanol–water partition coefficient (Wildman–Crippen LogP) is 4.26. The number of hydrogen-bond acceptors (Lipinski definition) is 3. The molecule has 0 aliphatic carbocycles. The van der Waals surface area contributed by atoms with E-state index in [0.717, 1.165) is 19.6 Å². The lowest BCUT2D eigenvalue weighted by molar-refractivity contribution is 0.115. The monoisotopic (exact) mass is 339 g/mol. The van der Waals surface area contributed by atoms with Crippen molar-refractivity contribution >= 4 is 22.2 Å². The zero-order valence-corrected chi connectivity index (χ0v) is 15.3. The summed E-state index contributed by atoms with van der Waals surface area (Å²) < 4.78 is 0. The van der Waals surface area contributed by atoms with Gasteiger partial charge in [0.15, 0.2) is 0 Å². The minimum atomic E-state index is 0.361. The molecule has 0 amide bonds. The molecule has 126 valence electrons. The Morgan fingerprint density at radius 3 is 2.58 bits per heavy atom.